The van der Waals surface area contributed by atoms with Gasteiger partial charge in [-0.3, -0.25) is 0 Å². The van der Waals surface area contributed by atoms with E-state index in [1.807, 2.05) is 0 Å². The van der Waals surface area contributed by atoms with Crippen molar-refractivity contribution in [3.63, 3.8) is 0 Å². The highest BCUT2D eigenvalue weighted by atomic mass is 16.6. The van der Waals surface area contributed by atoms with Crippen LogP contribution in [0.1, 0.15) is 58.3 Å². The van der Waals surface area contributed by atoms with E-state index in [4.69, 9.17) is 14.6 Å². The normalized spacial score (nSPS) is 28.5. The smallest absolute Gasteiger partial charge is 0.111 e. The van der Waals surface area contributed by atoms with Crippen LogP contribution in [0.3, 0.4) is 0 Å². The predicted molar refractivity (Wildman–Crippen MR) is 90.3 cm³/mol. The number of allylic oxidation sites excluding steroid dienone is 2. The topological polar surface area (TPSA) is 79.2 Å². The Balaban J connectivity index is 2.00. The number of unbranched alkanes of at least 4 members (excludes halogenated alkanes) is 6. The first-order valence-corrected chi connectivity index (χ1v) is 9.05. The summed E-state index contributed by atoms with van der Waals surface area (Å²) in [5.41, 5.74) is 0. The highest BCUT2D eigenvalue weighted by molar-refractivity contribution is 4.87. The summed E-state index contributed by atoms with van der Waals surface area (Å²) < 4.78 is 10.9. The van der Waals surface area contributed by atoms with Gasteiger partial charge in [-0.05, 0) is 25.7 Å². The Morgan fingerprint density at radius 3 is 2.39 bits per heavy atom. The first-order chi connectivity index (χ1) is 11.2. The molecule has 1 saturated heterocycles. The van der Waals surface area contributed by atoms with E-state index in [2.05, 4.69) is 19.1 Å². The Hall–Kier alpha value is -0.460. The van der Waals surface area contributed by atoms with Gasteiger partial charge in [-0.1, -0.05) is 44.8 Å². The van der Waals surface area contributed by atoms with Crippen LogP contribution in [0, 0.1) is 0 Å². The zero-order valence-corrected chi connectivity index (χ0v) is 14.4. The van der Waals surface area contributed by atoms with Crippen molar-refractivity contribution >= 4 is 0 Å². The third-order valence-corrected chi connectivity index (χ3v) is 4.25. The molecular weight excluding hydrogens is 296 g/mol. The molecule has 0 bridgehead atoms. The molecule has 0 unspecified atom stereocenters. The van der Waals surface area contributed by atoms with Crippen molar-refractivity contribution < 1.29 is 24.8 Å². The first-order valence-electron chi connectivity index (χ1n) is 9.05. The molecule has 1 heterocycles. The second-order valence-electron chi connectivity index (χ2n) is 6.26. The number of rotatable bonds is 12. The molecule has 0 saturated carbocycles. The number of aliphatic hydroxyl groups is 3. The second-order valence-corrected chi connectivity index (χ2v) is 6.26. The Labute approximate surface area is 140 Å². The van der Waals surface area contributed by atoms with Gasteiger partial charge in [0.1, 0.15) is 24.4 Å². The molecule has 0 radical (unpaired) electrons. The summed E-state index contributed by atoms with van der Waals surface area (Å²) in [5.74, 6) is 0. The fourth-order valence-corrected chi connectivity index (χ4v) is 2.70. The molecular formula is C18H34O5. The summed E-state index contributed by atoms with van der Waals surface area (Å²) in [7, 11) is 0. The summed E-state index contributed by atoms with van der Waals surface area (Å²) in [4.78, 5) is 0. The lowest BCUT2D eigenvalue weighted by molar-refractivity contribution is -0.208. The van der Waals surface area contributed by atoms with Crippen LogP contribution in [0.15, 0.2) is 12.2 Å². The van der Waals surface area contributed by atoms with Crippen molar-refractivity contribution in [1.29, 1.82) is 0 Å². The van der Waals surface area contributed by atoms with Crippen molar-refractivity contribution in [3.05, 3.63) is 12.2 Å². The molecule has 1 aliphatic rings. The van der Waals surface area contributed by atoms with Crippen molar-refractivity contribution in [2.75, 3.05) is 19.8 Å². The molecule has 136 valence electrons. The average Bonchev–Trinajstić information content (AvgIpc) is 2.56. The third-order valence-electron chi connectivity index (χ3n) is 4.25. The molecule has 0 aliphatic carbocycles. The molecule has 5 heteroatoms. The number of hydrogen-bond acceptors (Lipinski definition) is 5. The largest absolute Gasteiger partial charge is 0.394 e. The molecule has 3 N–H and O–H groups in total. The van der Waals surface area contributed by atoms with Gasteiger partial charge < -0.3 is 24.8 Å². The fraction of sp³-hybridized carbons (Fsp3) is 0.889. The third kappa shape index (κ3) is 8.27. The molecule has 0 amide bonds. The Bertz CT molecular complexity index is 308. The minimum Gasteiger partial charge on any atom is -0.394 e. The highest BCUT2D eigenvalue weighted by Crippen LogP contribution is 2.18. The van der Waals surface area contributed by atoms with Gasteiger partial charge in [-0.25, -0.2) is 0 Å². The first kappa shape index (κ1) is 20.6. The predicted octanol–water partition coefficient (Wildman–Crippen LogP) is 2.18. The van der Waals surface area contributed by atoms with E-state index in [1.54, 1.807) is 0 Å². The van der Waals surface area contributed by atoms with Crippen LogP contribution in [0.4, 0.5) is 0 Å². The fourth-order valence-electron chi connectivity index (χ4n) is 2.70. The summed E-state index contributed by atoms with van der Waals surface area (Å²) in [6.07, 6.45) is 10.6. The Morgan fingerprint density at radius 1 is 1.00 bits per heavy atom. The molecule has 1 aliphatic heterocycles. The van der Waals surface area contributed by atoms with Gasteiger partial charge >= 0.3 is 0 Å². The van der Waals surface area contributed by atoms with E-state index in [-0.39, 0.29) is 13.2 Å². The summed E-state index contributed by atoms with van der Waals surface area (Å²) >= 11 is 0. The lowest BCUT2D eigenvalue weighted by Gasteiger charge is -2.36. The maximum atomic E-state index is 9.92. The average molecular weight is 330 g/mol. The summed E-state index contributed by atoms with van der Waals surface area (Å²) in [5, 5.41) is 28.7. The Kier molecular flexibility index (Phi) is 11.5. The monoisotopic (exact) mass is 330 g/mol. The van der Waals surface area contributed by atoms with Crippen LogP contribution >= 0.6 is 0 Å². The summed E-state index contributed by atoms with van der Waals surface area (Å²) in [6, 6.07) is 0. The quantitative estimate of drug-likeness (QED) is 0.377. The molecule has 0 aromatic heterocycles. The van der Waals surface area contributed by atoms with Crippen LogP contribution in [-0.2, 0) is 9.47 Å². The van der Waals surface area contributed by atoms with Gasteiger partial charge in [-0.15, -0.1) is 0 Å². The Morgan fingerprint density at radius 2 is 1.70 bits per heavy atom. The summed E-state index contributed by atoms with van der Waals surface area (Å²) in [6.45, 7) is 2.67. The molecule has 1 rings (SSSR count). The van der Waals surface area contributed by atoms with Crippen LogP contribution in [0.2, 0.25) is 0 Å². The van der Waals surface area contributed by atoms with E-state index in [0.29, 0.717) is 6.61 Å². The highest BCUT2D eigenvalue weighted by Gasteiger charge is 2.38. The van der Waals surface area contributed by atoms with Crippen molar-refractivity contribution in [2.24, 2.45) is 0 Å². The molecule has 23 heavy (non-hydrogen) atoms. The second kappa shape index (κ2) is 12.9. The number of aliphatic hydroxyl groups excluding tert-OH is 3. The van der Waals surface area contributed by atoms with Crippen LogP contribution in [0.5, 0.6) is 0 Å². The van der Waals surface area contributed by atoms with Gasteiger partial charge in [0.25, 0.3) is 0 Å². The lowest BCUT2D eigenvalue weighted by atomic mass is 10.0. The minimum absolute atomic E-state index is 0.205. The zero-order chi connectivity index (χ0) is 16.9. The van der Waals surface area contributed by atoms with Gasteiger partial charge in [-0.2, -0.15) is 0 Å². The van der Waals surface area contributed by atoms with Crippen molar-refractivity contribution in [2.45, 2.75) is 82.7 Å². The number of hydrogen-bond donors (Lipinski definition) is 3. The van der Waals surface area contributed by atoms with E-state index in [9.17, 15) is 10.2 Å². The molecule has 1 fully saturated rings. The van der Waals surface area contributed by atoms with E-state index >= 15 is 0 Å². The molecule has 0 aromatic carbocycles. The van der Waals surface area contributed by atoms with Crippen LogP contribution in [-0.4, -0.2) is 59.6 Å². The maximum Gasteiger partial charge on any atom is 0.111 e. The van der Waals surface area contributed by atoms with Crippen molar-refractivity contribution in [1.82, 2.24) is 0 Å². The van der Waals surface area contributed by atoms with Crippen LogP contribution < -0.4 is 0 Å². The minimum atomic E-state index is -1.09. The van der Waals surface area contributed by atoms with Gasteiger partial charge in [0.15, 0.2) is 0 Å². The SMILES string of the molecule is CCCCCCC/C=C/CCCO[C@@H]1CO[C@@H](CO)[C@H](O)[C@H]1O. The van der Waals surface area contributed by atoms with Gasteiger partial charge in [0.2, 0.25) is 0 Å². The molecule has 4 atom stereocenters. The van der Waals surface area contributed by atoms with Crippen LogP contribution in [0.25, 0.3) is 0 Å². The van der Waals surface area contributed by atoms with E-state index in [0.717, 1.165) is 19.3 Å². The van der Waals surface area contributed by atoms with E-state index < -0.39 is 24.4 Å². The molecule has 0 aromatic rings. The standard InChI is InChI=1S/C18H34O5/c1-2-3-4-5-6-7-8-9-10-11-12-22-16-14-23-15(13-19)17(20)18(16)21/h8-9,15-21H,2-7,10-14H2,1H3/b9-8+/t15-,16+,17-,18-/m0/s1. The molecule has 5 nitrogen and oxygen atoms in total. The van der Waals surface area contributed by atoms with Gasteiger partial charge in [0.05, 0.1) is 13.2 Å². The molecule has 0 spiro atoms. The van der Waals surface area contributed by atoms with Crippen molar-refractivity contribution in [3.8, 4) is 0 Å². The van der Waals surface area contributed by atoms with E-state index in [1.165, 1.54) is 32.1 Å². The lowest BCUT2D eigenvalue weighted by Crippen LogP contribution is -2.55. The van der Waals surface area contributed by atoms with Gasteiger partial charge in [0, 0.05) is 6.61 Å². The zero-order valence-electron chi connectivity index (χ0n) is 14.4. The maximum absolute atomic E-state index is 9.92. The number of ether oxygens (including phenoxy) is 2.